The van der Waals surface area contributed by atoms with Crippen LogP contribution in [0.5, 0.6) is 0 Å². The molecule has 0 N–H and O–H groups in total. The molecule has 1 saturated carbocycles. The van der Waals surface area contributed by atoms with Gasteiger partial charge in [0.25, 0.3) is 0 Å². The summed E-state index contributed by atoms with van der Waals surface area (Å²) in [5.74, 6) is 0. The minimum atomic E-state index is 0.0218. The lowest BCUT2D eigenvalue weighted by atomic mass is 9.73. The molecule has 2 nitrogen and oxygen atoms in total. The number of nitrogens with zero attached hydrogens (tertiary/aromatic N) is 2. The lowest BCUT2D eigenvalue weighted by molar-refractivity contribution is 0.854. The van der Waals surface area contributed by atoms with Crippen LogP contribution in [-0.2, 0) is 5.41 Å². The van der Waals surface area contributed by atoms with Gasteiger partial charge in [0.1, 0.15) is 0 Å². The van der Waals surface area contributed by atoms with Crippen LogP contribution in [0.4, 0.5) is 34.1 Å². The minimum absolute atomic E-state index is 0.0218. The number of hydrogen-bond acceptors (Lipinski definition) is 2. The van der Waals surface area contributed by atoms with Crippen LogP contribution >= 0.6 is 0 Å². The quantitative estimate of drug-likeness (QED) is 0.163. The maximum Gasteiger partial charge on any atom is 0.0540 e. The predicted molar refractivity (Wildman–Crippen MR) is 232 cm³/mol. The molecule has 0 aliphatic heterocycles. The standard InChI is InChI=1S/C53H38N2/c1-5-16-38(17-6-1)54(39-18-7-2-8-19-39)50-32-30-42(43-24-13-14-25-45(43)50)37-28-29-44-46-31-33-51(55(40-20-9-3-10-21-40)41-22-11-4-12-23-41)47-26-15-27-48(52(46)47)53(34-35-53)49(44)36-37/h1-33,36H,34-35H2. The van der Waals surface area contributed by atoms with Crippen molar-refractivity contribution in [2.24, 2.45) is 0 Å². The summed E-state index contributed by atoms with van der Waals surface area (Å²) in [6.45, 7) is 0. The van der Waals surface area contributed by atoms with E-state index in [2.05, 4.69) is 216 Å². The molecule has 0 radical (unpaired) electrons. The van der Waals surface area contributed by atoms with Crippen LogP contribution in [0.25, 0.3) is 43.8 Å². The molecule has 9 aromatic carbocycles. The highest BCUT2D eigenvalue weighted by atomic mass is 15.1. The smallest absolute Gasteiger partial charge is 0.0540 e. The van der Waals surface area contributed by atoms with Crippen LogP contribution in [0, 0.1) is 0 Å². The molecule has 55 heavy (non-hydrogen) atoms. The Morgan fingerprint density at radius 1 is 0.327 bits per heavy atom. The van der Waals surface area contributed by atoms with E-state index in [1.54, 1.807) is 0 Å². The number of para-hydroxylation sites is 4. The van der Waals surface area contributed by atoms with Gasteiger partial charge < -0.3 is 9.80 Å². The van der Waals surface area contributed by atoms with Gasteiger partial charge in [0.05, 0.1) is 11.4 Å². The fourth-order valence-electron chi connectivity index (χ4n) is 9.25. The zero-order chi connectivity index (χ0) is 36.3. The van der Waals surface area contributed by atoms with Crippen molar-refractivity contribution in [1.82, 2.24) is 0 Å². The Hall–Kier alpha value is -6.90. The molecule has 0 aromatic heterocycles. The third-order valence-electron chi connectivity index (χ3n) is 11.9. The molecule has 9 aromatic rings. The van der Waals surface area contributed by atoms with Crippen LogP contribution in [0.15, 0.2) is 206 Å². The first kappa shape index (κ1) is 31.6. The molecular formula is C53H38N2. The van der Waals surface area contributed by atoms with Crippen LogP contribution in [0.3, 0.4) is 0 Å². The average Bonchev–Trinajstić information content (AvgIpc) is 4.06. The van der Waals surface area contributed by atoms with Crippen molar-refractivity contribution in [3.8, 4) is 22.3 Å². The molecule has 2 heteroatoms. The summed E-state index contributed by atoms with van der Waals surface area (Å²) in [4.78, 5) is 4.79. The van der Waals surface area contributed by atoms with Crippen molar-refractivity contribution in [2.75, 3.05) is 9.80 Å². The fourth-order valence-corrected chi connectivity index (χ4v) is 9.25. The second kappa shape index (κ2) is 12.6. The first-order valence-electron chi connectivity index (χ1n) is 19.3. The number of rotatable bonds is 7. The molecule has 0 bridgehead atoms. The Morgan fingerprint density at radius 3 is 1.33 bits per heavy atom. The first-order valence-corrected chi connectivity index (χ1v) is 19.3. The number of benzene rings is 9. The van der Waals surface area contributed by atoms with Gasteiger partial charge in [-0.3, -0.25) is 0 Å². The summed E-state index contributed by atoms with van der Waals surface area (Å²) in [6.07, 6.45) is 2.33. The topological polar surface area (TPSA) is 6.48 Å². The molecule has 0 amide bonds. The normalized spacial score (nSPS) is 13.5. The zero-order valence-electron chi connectivity index (χ0n) is 30.4. The van der Waals surface area contributed by atoms with E-state index in [0.717, 1.165) is 35.6 Å². The van der Waals surface area contributed by atoms with Gasteiger partial charge in [-0.25, -0.2) is 0 Å². The van der Waals surface area contributed by atoms with E-state index in [-0.39, 0.29) is 5.41 Å². The van der Waals surface area contributed by atoms with E-state index < -0.39 is 0 Å². The van der Waals surface area contributed by atoms with Gasteiger partial charge in [-0.05, 0) is 124 Å². The van der Waals surface area contributed by atoms with Crippen LogP contribution in [0.2, 0.25) is 0 Å². The van der Waals surface area contributed by atoms with Crippen molar-refractivity contribution >= 4 is 55.7 Å². The number of anilines is 6. The van der Waals surface area contributed by atoms with E-state index in [0.29, 0.717) is 0 Å². The van der Waals surface area contributed by atoms with E-state index >= 15 is 0 Å². The third kappa shape index (κ3) is 5.02. The van der Waals surface area contributed by atoms with Gasteiger partial charge in [-0.2, -0.15) is 0 Å². The molecule has 0 saturated heterocycles. The Kier molecular flexibility index (Phi) is 7.25. The second-order valence-corrected chi connectivity index (χ2v) is 14.9. The molecule has 2 aliphatic rings. The van der Waals surface area contributed by atoms with E-state index in [1.165, 1.54) is 66.3 Å². The third-order valence-corrected chi connectivity index (χ3v) is 11.9. The lowest BCUT2D eigenvalue weighted by Gasteiger charge is -2.33. The second-order valence-electron chi connectivity index (χ2n) is 14.9. The monoisotopic (exact) mass is 702 g/mol. The Bertz CT molecular complexity index is 2780. The van der Waals surface area contributed by atoms with Gasteiger partial charge in [-0.1, -0.05) is 140 Å². The molecule has 0 unspecified atom stereocenters. The van der Waals surface area contributed by atoms with Crippen molar-refractivity contribution in [2.45, 2.75) is 18.3 Å². The molecule has 0 atom stereocenters. The zero-order valence-corrected chi connectivity index (χ0v) is 30.4. The van der Waals surface area contributed by atoms with Gasteiger partial charge >= 0.3 is 0 Å². The van der Waals surface area contributed by atoms with Crippen molar-refractivity contribution < 1.29 is 0 Å². The average molecular weight is 703 g/mol. The molecule has 0 heterocycles. The van der Waals surface area contributed by atoms with Crippen molar-refractivity contribution in [3.63, 3.8) is 0 Å². The Morgan fingerprint density at radius 2 is 0.782 bits per heavy atom. The highest BCUT2D eigenvalue weighted by Gasteiger charge is 2.50. The summed E-state index contributed by atoms with van der Waals surface area (Å²) in [7, 11) is 0. The number of hydrogen-bond donors (Lipinski definition) is 0. The highest BCUT2D eigenvalue weighted by molar-refractivity contribution is 6.12. The molecule has 1 fully saturated rings. The summed E-state index contributed by atoms with van der Waals surface area (Å²) in [5, 5.41) is 5.18. The predicted octanol–water partition coefficient (Wildman–Crippen LogP) is 14.7. The molecule has 260 valence electrons. The van der Waals surface area contributed by atoms with Gasteiger partial charge in [0.2, 0.25) is 0 Å². The summed E-state index contributed by atoms with van der Waals surface area (Å²) < 4.78 is 0. The molecular weight excluding hydrogens is 665 g/mol. The molecule has 1 spiro atoms. The summed E-state index contributed by atoms with van der Waals surface area (Å²) >= 11 is 0. The Balaban J connectivity index is 1.07. The first-order chi connectivity index (χ1) is 27.3. The summed E-state index contributed by atoms with van der Waals surface area (Å²) in [5.41, 5.74) is 15.2. The lowest BCUT2D eigenvalue weighted by Crippen LogP contribution is -2.17. The largest absolute Gasteiger partial charge is 0.310 e. The van der Waals surface area contributed by atoms with E-state index in [9.17, 15) is 0 Å². The van der Waals surface area contributed by atoms with Crippen molar-refractivity contribution in [3.05, 3.63) is 217 Å². The minimum Gasteiger partial charge on any atom is -0.310 e. The fraction of sp³-hybridized carbons (Fsp3) is 0.0566. The molecule has 2 aliphatic carbocycles. The summed E-state index contributed by atoms with van der Waals surface area (Å²) in [6, 6.07) is 75.5. The van der Waals surface area contributed by atoms with Gasteiger partial charge in [-0.15, -0.1) is 0 Å². The van der Waals surface area contributed by atoms with Gasteiger partial charge in [0, 0.05) is 38.9 Å². The molecule has 11 rings (SSSR count). The van der Waals surface area contributed by atoms with Crippen LogP contribution < -0.4 is 9.80 Å². The highest BCUT2D eigenvalue weighted by Crippen LogP contribution is 2.62. The maximum absolute atomic E-state index is 2.52. The van der Waals surface area contributed by atoms with E-state index in [4.69, 9.17) is 0 Å². The number of fused-ring (bicyclic) bond motifs is 5. The van der Waals surface area contributed by atoms with Crippen LogP contribution in [-0.4, -0.2) is 0 Å². The maximum atomic E-state index is 2.52. The van der Waals surface area contributed by atoms with E-state index in [1.807, 2.05) is 0 Å². The van der Waals surface area contributed by atoms with Gasteiger partial charge in [0.15, 0.2) is 0 Å². The van der Waals surface area contributed by atoms with Crippen molar-refractivity contribution in [1.29, 1.82) is 0 Å². The van der Waals surface area contributed by atoms with Crippen LogP contribution in [0.1, 0.15) is 24.0 Å². The Labute approximate surface area is 322 Å². The SMILES string of the molecule is c1ccc(N(c2ccccc2)c2ccc(-c3ccc4c(c3)C3(CC3)c3cccc5c(N(c6ccccc6)c6ccccc6)ccc-4c35)c3ccccc23)cc1.